The number of nitrogen functional groups attached to an aromatic ring is 1. The van der Waals surface area contributed by atoms with Crippen LogP contribution in [0.4, 0.5) is 23.4 Å². The van der Waals surface area contributed by atoms with Crippen LogP contribution in [-0.4, -0.2) is 37.6 Å². The maximum Gasteiger partial charge on any atom is 0.330 e. The molecule has 0 saturated heterocycles. The Morgan fingerprint density at radius 2 is 2.10 bits per heavy atom. The quantitative estimate of drug-likeness (QED) is 0.757. The Morgan fingerprint density at radius 3 is 2.65 bits per heavy atom. The second-order valence-electron chi connectivity index (χ2n) is 4.41. The lowest BCUT2D eigenvalue weighted by Gasteiger charge is -2.21. The van der Waals surface area contributed by atoms with Crippen molar-refractivity contribution < 1.29 is 22.3 Å². The first-order valence-corrected chi connectivity index (χ1v) is 5.91. The van der Waals surface area contributed by atoms with Crippen LogP contribution < -0.4 is 11.1 Å². The number of nitrogens with one attached hydrogen (secondary N) is 1. The Labute approximate surface area is 114 Å². The molecule has 0 amide bonds. The fourth-order valence-corrected chi connectivity index (χ4v) is 1.59. The van der Waals surface area contributed by atoms with Crippen LogP contribution in [0.5, 0.6) is 0 Å². The predicted molar refractivity (Wildman–Crippen MR) is 67.0 cm³/mol. The monoisotopic (exact) mass is 295 g/mol. The highest BCUT2D eigenvalue weighted by molar-refractivity contribution is 5.43. The summed E-state index contributed by atoms with van der Waals surface area (Å²) in [6.45, 7) is 0.241. The van der Waals surface area contributed by atoms with E-state index in [4.69, 9.17) is 5.73 Å². The average Bonchev–Trinajstić information content (AvgIpc) is 2.37. The molecule has 1 aromatic heterocycles. The number of aromatic nitrogens is 1. The number of pyridine rings is 1. The van der Waals surface area contributed by atoms with Crippen LogP contribution in [0, 0.1) is 6.92 Å². The molecular formula is C12H17F4N3O. The lowest BCUT2D eigenvalue weighted by molar-refractivity contribution is -0.167. The van der Waals surface area contributed by atoms with E-state index in [0.29, 0.717) is 5.56 Å². The van der Waals surface area contributed by atoms with Gasteiger partial charge in [0.05, 0.1) is 12.6 Å². The van der Waals surface area contributed by atoms with Gasteiger partial charge in [-0.25, -0.2) is 13.8 Å². The lowest BCUT2D eigenvalue weighted by atomic mass is 10.1. The van der Waals surface area contributed by atoms with Crippen LogP contribution in [0.25, 0.3) is 0 Å². The van der Waals surface area contributed by atoms with Gasteiger partial charge in [-0.05, 0) is 25.6 Å². The Kier molecular flexibility index (Phi) is 5.70. The molecule has 1 aromatic rings. The first-order valence-electron chi connectivity index (χ1n) is 5.91. The van der Waals surface area contributed by atoms with Crippen molar-refractivity contribution >= 4 is 5.82 Å². The Morgan fingerprint density at radius 1 is 1.45 bits per heavy atom. The molecule has 0 aliphatic carbocycles. The van der Waals surface area contributed by atoms with Gasteiger partial charge in [-0.2, -0.15) is 8.78 Å². The number of anilines is 1. The van der Waals surface area contributed by atoms with Crippen molar-refractivity contribution in [2.75, 3.05) is 26.0 Å². The molecule has 20 heavy (non-hydrogen) atoms. The number of nitrogens with zero attached hydrogens (tertiary/aromatic N) is 1. The maximum atomic E-state index is 12.7. The molecule has 114 valence electrons. The fourth-order valence-electron chi connectivity index (χ4n) is 1.59. The van der Waals surface area contributed by atoms with E-state index in [9.17, 15) is 17.6 Å². The van der Waals surface area contributed by atoms with E-state index in [0.717, 1.165) is 5.56 Å². The largest absolute Gasteiger partial charge is 0.383 e. The zero-order valence-electron chi connectivity index (χ0n) is 11.2. The van der Waals surface area contributed by atoms with E-state index in [-0.39, 0.29) is 12.4 Å². The molecule has 0 saturated carbocycles. The lowest BCUT2D eigenvalue weighted by Crippen LogP contribution is -2.34. The Balaban J connectivity index is 2.67. The fraction of sp³-hybridized carbons (Fsp3) is 0.583. The molecule has 1 rings (SSSR count). The van der Waals surface area contributed by atoms with Crippen LogP contribution in [0.3, 0.4) is 0 Å². The molecule has 0 aliphatic heterocycles. The van der Waals surface area contributed by atoms with Crippen LogP contribution in [0.2, 0.25) is 0 Å². The topological polar surface area (TPSA) is 60.2 Å². The second kappa shape index (κ2) is 6.85. The SMILES string of the molecule is CNC(COCC(F)(F)C(F)F)c1cc(C)cnc1N. The number of aryl methyl sites for hydroxylation is 1. The first-order chi connectivity index (χ1) is 9.27. The van der Waals surface area contributed by atoms with E-state index in [1.807, 2.05) is 0 Å². The van der Waals surface area contributed by atoms with Crippen molar-refractivity contribution in [2.45, 2.75) is 25.3 Å². The number of rotatable bonds is 7. The van der Waals surface area contributed by atoms with Gasteiger partial charge in [0.15, 0.2) is 0 Å². The number of alkyl halides is 4. The van der Waals surface area contributed by atoms with Crippen molar-refractivity contribution in [3.8, 4) is 0 Å². The highest BCUT2D eigenvalue weighted by Crippen LogP contribution is 2.24. The van der Waals surface area contributed by atoms with Gasteiger partial charge in [-0.3, -0.25) is 0 Å². The molecule has 0 spiro atoms. The Hall–Kier alpha value is -1.41. The number of nitrogens with two attached hydrogens (primary N) is 1. The van der Waals surface area contributed by atoms with E-state index < -0.39 is 25.0 Å². The standard InChI is InChI=1S/C12H17F4N3O/c1-7-3-8(10(17)19-4-7)9(18-2)5-20-6-12(15,16)11(13)14/h3-4,9,11,18H,5-6H2,1-2H3,(H2,17,19). The maximum absolute atomic E-state index is 12.7. The van der Waals surface area contributed by atoms with Crippen LogP contribution in [0.15, 0.2) is 12.3 Å². The summed E-state index contributed by atoms with van der Waals surface area (Å²) in [5.41, 5.74) is 7.11. The van der Waals surface area contributed by atoms with Crippen LogP contribution in [-0.2, 0) is 4.74 Å². The first kappa shape index (κ1) is 16.6. The smallest absolute Gasteiger partial charge is 0.330 e. The number of halogens is 4. The third-order valence-corrected chi connectivity index (χ3v) is 2.71. The number of hydrogen-bond donors (Lipinski definition) is 2. The van der Waals surface area contributed by atoms with Gasteiger partial charge in [-0.15, -0.1) is 0 Å². The minimum absolute atomic E-state index is 0.214. The third kappa shape index (κ3) is 4.31. The highest BCUT2D eigenvalue weighted by atomic mass is 19.3. The average molecular weight is 295 g/mol. The van der Waals surface area contributed by atoms with Crippen LogP contribution in [0.1, 0.15) is 17.2 Å². The van der Waals surface area contributed by atoms with E-state index in [1.54, 1.807) is 26.2 Å². The summed E-state index contributed by atoms with van der Waals surface area (Å²) in [5, 5.41) is 2.82. The molecule has 1 unspecified atom stereocenters. The summed E-state index contributed by atoms with van der Waals surface area (Å²) >= 11 is 0. The molecule has 0 aliphatic rings. The molecular weight excluding hydrogens is 278 g/mol. The minimum atomic E-state index is -4.16. The van der Waals surface area contributed by atoms with Crippen molar-refractivity contribution in [1.82, 2.24) is 10.3 Å². The zero-order valence-corrected chi connectivity index (χ0v) is 11.2. The van der Waals surface area contributed by atoms with Crippen molar-refractivity contribution in [2.24, 2.45) is 0 Å². The second-order valence-corrected chi connectivity index (χ2v) is 4.41. The van der Waals surface area contributed by atoms with Gasteiger partial charge in [0.2, 0.25) is 0 Å². The summed E-state index contributed by atoms with van der Waals surface area (Å²) in [6, 6.07) is 1.23. The van der Waals surface area contributed by atoms with E-state index in [1.165, 1.54) is 0 Å². The summed E-state index contributed by atoms with van der Waals surface area (Å²) in [7, 11) is 1.58. The van der Waals surface area contributed by atoms with E-state index in [2.05, 4.69) is 15.0 Å². The molecule has 4 nitrogen and oxygen atoms in total. The summed E-state index contributed by atoms with van der Waals surface area (Å²) < 4.78 is 54.1. The molecule has 1 heterocycles. The molecule has 1 atom stereocenters. The van der Waals surface area contributed by atoms with Crippen molar-refractivity contribution in [3.05, 3.63) is 23.4 Å². The Bertz CT molecular complexity index is 443. The van der Waals surface area contributed by atoms with E-state index >= 15 is 0 Å². The molecule has 8 heteroatoms. The van der Waals surface area contributed by atoms with Gasteiger partial charge in [0.1, 0.15) is 12.4 Å². The normalized spacial score (nSPS) is 13.8. The third-order valence-electron chi connectivity index (χ3n) is 2.71. The molecule has 0 bridgehead atoms. The van der Waals surface area contributed by atoms with Crippen LogP contribution >= 0.6 is 0 Å². The van der Waals surface area contributed by atoms with Gasteiger partial charge >= 0.3 is 12.3 Å². The summed E-state index contributed by atoms with van der Waals surface area (Å²) in [6.07, 6.45) is -2.18. The van der Waals surface area contributed by atoms with Gasteiger partial charge in [0, 0.05) is 11.8 Å². The summed E-state index contributed by atoms with van der Waals surface area (Å²) in [4.78, 5) is 3.95. The number of likely N-dealkylation sites (N-methyl/N-ethyl adjacent to an activating group) is 1. The highest BCUT2D eigenvalue weighted by Gasteiger charge is 2.41. The molecule has 3 N–H and O–H groups in total. The molecule has 0 aromatic carbocycles. The van der Waals surface area contributed by atoms with Gasteiger partial charge < -0.3 is 15.8 Å². The van der Waals surface area contributed by atoms with Crippen molar-refractivity contribution in [1.29, 1.82) is 0 Å². The van der Waals surface area contributed by atoms with Gasteiger partial charge in [0.25, 0.3) is 0 Å². The summed E-state index contributed by atoms with van der Waals surface area (Å²) in [5.74, 6) is -3.92. The zero-order chi connectivity index (χ0) is 15.3. The number of ether oxygens (including phenoxy) is 1. The predicted octanol–water partition coefficient (Wildman–Crippen LogP) is 2.15. The van der Waals surface area contributed by atoms with Crippen molar-refractivity contribution in [3.63, 3.8) is 0 Å². The number of hydrogen-bond acceptors (Lipinski definition) is 4. The minimum Gasteiger partial charge on any atom is -0.383 e. The molecule has 0 fully saturated rings. The molecule has 0 radical (unpaired) electrons. The van der Waals surface area contributed by atoms with Gasteiger partial charge in [-0.1, -0.05) is 0 Å².